The third-order valence-corrected chi connectivity index (χ3v) is 5.88. The Hall–Kier alpha value is -2.08. The molecule has 0 aromatic carbocycles. The molecule has 2 aromatic rings. The van der Waals surface area contributed by atoms with Crippen molar-refractivity contribution in [1.82, 2.24) is 9.47 Å². The van der Waals surface area contributed by atoms with E-state index in [0.29, 0.717) is 25.3 Å². The Labute approximate surface area is 138 Å². The van der Waals surface area contributed by atoms with Crippen molar-refractivity contribution in [3.8, 4) is 0 Å². The van der Waals surface area contributed by atoms with Crippen LogP contribution in [0.1, 0.15) is 21.8 Å². The summed E-state index contributed by atoms with van der Waals surface area (Å²) in [6.07, 6.45) is 2.73. The molecule has 1 N–H and O–H groups in total. The number of hydrogen-bond acceptors (Lipinski definition) is 3. The number of carboxylic acid groups (broad SMARTS) is 1. The van der Waals surface area contributed by atoms with E-state index in [1.807, 2.05) is 39.2 Å². The molecule has 0 radical (unpaired) electrons. The van der Waals surface area contributed by atoms with Crippen molar-refractivity contribution in [3.05, 3.63) is 46.4 Å². The third kappa shape index (κ3) is 2.57. The number of hydrogen-bond donors (Lipinski definition) is 1. The highest BCUT2D eigenvalue weighted by Gasteiger charge is 2.57. The third-order valence-electron chi connectivity index (χ3n) is 5.02. The number of nitrogens with zero attached hydrogens (tertiary/aromatic N) is 2. The summed E-state index contributed by atoms with van der Waals surface area (Å²) < 4.78 is 1.97. The van der Waals surface area contributed by atoms with Gasteiger partial charge in [-0.05, 0) is 41.8 Å². The highest BCUT2D eigenvalue weighted by molar-refractivity contribution is 7.09. The maximum absolute atomic E-state index is 12.8. The first-order valence-electron chi connectivity index (χ1n) is 7.85. The van der Waals surface area contributed by atoms with Crippen molar-refractivity contribution in [2.75, 3.05) is 13.1 Å². The van der Waals surface area contributed by atoms with E-state index in [9.17, 15) is 14.7 Å². The Morgan fingerprint density at radius 3 is 2.87 bits per heavy atom. The molecule has 3 heterocycles. The fourth-order valence-electron chi connectivity index (χ4n) is 3.77. The molecule has 0 spiro atoms. The summed E-state index contributed by atoms with van der Waals surface area (Å²) in [5, 5.41) is 11.2. The van der Waals surface area contributed by atoms with Crippen LogP contribution in [-0.4, -0.2) is 39.5 Å². The number of thiophene rings is 1. The SMILES string of the molecule is O=C(O)[C@@H]1[C@@H]2CCN(C(=O)c3cccn3Cc3cccs3)C[C@@H]21. The Kier molecular flexibility index (Phi) is 3.49. The van der Waals surface area contributed by atoms with Crippen LogP contribution in [0.5, 0.6) is 0 Å². The summed E-state index contributed by atoms with van der Waals surface area (Å²) in [6.45, 7) is 1.93. The molecule has 23 heavy (non-hydrogen) atoms. The second kappa shape index (κ2) is 5.53. The number of carbonyl (C=O) groups excluding carboxylic acids is 1. The molecular weight excluding hydrogens is 312 g/mol. The summed E-state index contributed by atoms with van der Waals surface area (Å²) in [5.74, 6) is -0.525. The molecule has 2 fully saturated rings. The molecule has 120 valence electrons. The Morgan fingerprint density at radius 1 is 1.26 bits per heavy atom. The van der Waals surface area contributed by atoms with Crippen LogP contribution in [0.15, 0.2) is 35.8 Å². The summed E-state index contributed by atoms with van der Waals surface area (Å²) in [6, 6.07) is 7.81. The van der Waals surface area contributed by atoms with Crippen molar-refractivity contribution in [2.45, 2.75) is 13.0 Å². The minimum absolute atomic E-state index is 0.0149. The number of likely N-dealkylation sites (tertiary alicyclic amines) is 1. The quantitative estimate of drug-likeness (QED) is 0.936. The maximum atomic E-state index is 12.8. The zero-order valence-corrected chi connectivity index (χ0v) is 13.4. The molecule has 2 aromatic heterocycles. The van der Waals surface area contributed by atoms with E-state index in [1.54, 1.807) is 11.3 Å². The smallest absolute Gasteiger partial charge is 0.307 e. The predicted octanol–water partition coefficient (Wildman–Crippen LogP) is 2.39. The lowest BCUT2D eigenvalue weighted by Crippen LogP contribution is -2.38. The lowest BCUT2D eigenvalue weighted by molar-refractivity contribution is -0.139. The van der Waals surface area contributed by atoms with E-state index in [-0.39, 0.29) is 23.7 Å². The fraction of sp³-hybridized carbons (Fsp3) is 0.412. The van der Waals surface area contributed by atoms with Crippen LogP contribution >= 0.6 is 11.3 Å². The van der Waals surface area contributed by atoms with Crippen molar-refractivity contribution < 1.29 is 14.7 Å². The number of piperidine rings is 1. The molecular formula is C17H18N2O3S. The van der Waals surface area contributed by atoms with Crippen LogP contribution in [0.25, 0.3) is 0 Å². The van der Waals surface area contributed by atoms with Crippen molar-refractivity contribution >= 4 is 23.2 Å². The summed E-state index contributed by atoms with van der Waals surface area (Å²) in [5.41, 5.74) is 0.685. The summed E-state index contributed by atoms with van der Waals surface area (Å²) in [7, 11) is 0. The molecule has 3 atom stereocenters. The van der Waals surface area contributed by atoms with E-state index in [2.05, 4.69) is 6.07 Å². The number of aromatic nitrogens is 1. The van der Waals surface area contributed by atoms with Gasteiger partial charge in [0.15, 0.2) is 0 Å². The van der Waals surface area contributed by atoms with Gasteiger partial charge in [-0.15, -0.1) is 11.3 Å². The maximum Gasteiger partial charge on any atom is 0.307 e. The van der Waals surface area contributed by atoms with Crippen LogP contribution in [-0.2, 0) is 11.3 Å². The number of amides is 1. The summed E-state index contributed by atoms with van der Waals surface area (Å²) >= 11 is 1.68. The van der Waals surface area contributed by atoms with Crippen LogP contribution < -0.4 is 0 Å². The van der Waals surface area contributed by atoms with Gasteiger partial charge in [-0.3, -0.25) is 9.59 Å². The minimum atomic E-state index is -0.713. The first kappa shape index (κ1) is 14.5. The van der Waals surface area contributed by atoms with Gasteiger partial charge in [-0.25, -0.2) is 0 Å². The number of rotatable bonds is 4. The lowest BCUT2D eigenvalue weighted by Gasteiger charge is -2.26. The molecule has 1 amide bonds. The van der Waals surface area contributed by atoms with Gasteiger partial charge in [-0.1, -0.05) is 6.07 Å². The van der Waals surface area contributed by atoms with Gasteiger partial charge in [0.1, 0.15) is 5.69 Å². The molecule has 4 rings (SSSR count). The highest BCUT2D eigenvalue weighted by atomic mass is 32.1. The van der Waals surface area contributed by atoms with Crippen LogP contribution in [0.4, 0.5) is 0 Å². The van der Waals surface area contributed by atoms with Gasteiger partial charge in [0.25, 0.3) is 5.91 Å². The molecule has 2 aliphatic rings. The normalized spacial score (nSPS) is 25.9. The van der Waals surface area contributed by atoms with Gasteiger partial charge in [0, 0.05) is 24.2 Å². The Bertz CT molecular complexity index is 737. The standard InChI is InChI=1S/C17H18N2O3S/c20-16(19-7-5-12-13(10-19)15(12)17(21)22)14-4-1-6-18(14)9-11-3-2-8-23-11/h1-4,6,8,12-13,15H,5,7,9-10H2,(H,21,22)/t12-,13+,15-/m1/s1. The molecule has 0 bridgehead atoms. The van der Waals surface area contributed by atoms with Gasteiger partial charge < -0.3 is 14.6 Å². The number of aliphatic carboxylic acids is 1. The topological polar surface area (TPSA) is 62.5 Å². The summed E-state index contributed by atoms with van der Waals surface area (Å²) in [4.78, 5) is 27.0. The second-order valence-electron chi connectivity index (χ2n) is 6.33. The van der Waals surface area contributed by atoms with E-state index < -0.39 is 5.97 Å². The average Bonchev–Trinajstić information content (AvgIpc) is 2.88. The first-order valence-corrected chi connectivity index (χ1v) is 8.72. The van der Waals surface area contributed by atoms with Crippen molar-refractivity contribution in [2.24, 2.45) is 17.8 Å². The van der Waals surface area contributed by atoms with Gasteiger partial charge in [0.05, 0.1) is 12.5 Å². The first-order chi connectivity index (χ1) is 11.1. The van der Waals surface area contributed by atoms with Crippen LogP contribution in [0.3, 0.4) is 0 Å². The van der Waals surface area contributed by atoms with Gasteiger partial charge in [-0.2, -0.15) is 0 Å². The molecule has 1 aliphatic carbocycles. The Balaban J connectivity index is 1.48. The molecule has 0 unspecified atom stereocenters. The Morgan fingerprint density at radius 2 is 2.13 bits per heavy atom. The molecule has 5 nitrogen and oxygen atoms in total. The van der Waals surface area contributed by atoms with Crippen LogP contribution in [0.2, 0.25) is 0 Å². The molecule has 1 saturated carbocycles. The van der Waals surface area contributed by atoms with E-state index in [4.69, 9.17) is 0 Å². The second-order valence-corrected chi connectivity index (χ2v) is 7.36. The number of carbonyl (C=O) groups is 2. The fourth-order valence-corrected chi connectivity index (χ4v) is 4.47. The number of fused-ring (bicyclic) bond motifs is 1. The largest absolute Gasteiger partial charge is 0.481 e. The number of carboxylic acids is 1. The minimum Gasteiger partial charge on any atom is -0.481 e. The van der Waals surface area contributed by atoms with Crippen molar-refractivity contribution in [3.63, 3.8) is 0 Å². The monoisotopic (exact) mass is 330 g/mol. The molecule has 6 heteroatoms. The van der Waals surface area contributed by atoms with Gasteiger partial charge >= 0.3 is 5.97 Å². The average molecular weight is 330 g/mol. The predicted molar refractivity (Wildman–Crippen MR) is 86.5 cm³/mol. The van der Waals surface area contributed by atoms with Crippen molar-refractivity contribution in [1.29, 1.82) is 0 Å². The lowest BCUT2D eigenvalue weighted by atomic mass is 10.1. The molecule has 1 saturated heterocycles. The molecule has 1 aliphatic heterocycles. The zero-order valence-electron chi connectivity index (χ0n) is 12.6. The zero-order chi connectivity index (χ0) is 16.0. The van der Waals surface area contributed by atoms with Crippen LogP contribution in [0, 0.1) is 17.8 Å². The van der Waals surface area contributed by atoms with E-state index in [0.717, 1.165) is 6.42 Å². The van der Waals surface area contributed by atoms with Gasteiger partial charge in [0.2, 0.25) is 0 Å². The highest BCUT2D eigenvalue weighted by Crippen LogP contribution is 2.51. The van der Waals surface area contributed by atoms with E-state index >= 15 is 0 Å². The van der Waals surface area contributed by atoms with E-state index in [1.165, 1.54) is 4.88 Å².